The molecule has 1 aromatic heterocycles. The maximum absolute atomic E-state index is 13.8. The van der Waals surface area contributed by atoms with Crippen LogP contribution in [0, 0.1) is 0 Å². The molecule has 10 nitrogen and oxygen atoms in total. The van der Waals surface area contributed by atoms with Crippen molar-refractivity contribution in [1.82, 2.24) is 14.8 Å². The van der Waals surface area contributed by atoms with Crippen LogP contribution in [0.1, 0.15) is 35.9 Å². The van der Waals surface area contributed by atoms with E-state index in [1.807, 2.05) is 24.3 Å². The molecule has 0 saturated carbocycles. The van der Waals surface area contributed by atoms with Crippen LogP contribution in [0.4, 0.5) is 5.95 Å². The maximum Gasteiger partial charge on any atom is 0.226 e. The predicted octanol–water partition coefficient (Wildman–Crippen LogP) is 3.74. The van der Waals surface area contributed by atoms with Gasteiger partial charge in [-0.1, -0.05) is 6.07 Å². The Balaban J connectivity index is 1.61. The number of rotatable bonds is 7. The average Bonchev–Trinajstić information content (AvgIpc) is 3.38. The second kappa shape index (κ2) is 9.44. The summed E-state index contributed by atoms with van der Waals surface area (Å²) in [6, 6.07) is 8.83. The lowest BCUT2D eigenvalue weighted by Gasteiger charge is -2.35. The van der Waals surface area contributed by atoms with Gasteiger partial charge in [-0.2, -0.15) is 10.1 Å². The van der Waals surface area contributed by atoms with Crippen molar-refractivity contribution < 1.29 is 28.5 Å². The van der Waals surface area contributed by atoms with Crippen molar-refractivity contribution in [2.75, 3.05) is 40.9 Å². The zero-order valence-electron chi connectivity index (χ0n) is 20.8. The Kier molecular flexibility index (Phi) is 6.17. The minimum Gasteiger partial charge on any atom is -0.496 e. The number of nitrogens with zero attached hydrogens (tertiary/aromatic N) is 3. The Morgan fingerprint density at radius 2 is 1.50 bits per heavy atom. The van der Waals surface area contributed by atoms with Crippen LogP contribution in [-0.4, -0.2) is 56.1 Å². The molecule has 1 aliphatic heterocycles. The number of hydrogen-bond acceptors (Lipinski definition) is 9. The van der Waals surface area contributed by atoms with E-state index >= 15 is 0 Å². The predicted molar refractivity (Wildman–Crippen MR) is 131 cm³/mol. The van der Waals surface area contributed by atoms with Gasteiger partial charge in [-0.3, -0.25) is 4.79 Å². The third-order valence-electron chi connectivity index (χ3n) is 6.77. The molecule has 10 heteroatoms. The molecule has 5 rings (SSSR count). The zero-order valence-corrected chi connectivity index (χ0v) is 20.8. The first-order chi connectivity index (χ1) is 17.5. The summed E-state index contributed by atoms with van der Waals surface area (Å²) in [6.45, 7) is 0. The highest BCUT2D eigenvalue weighted by Crippen LogP contribution is 2.48. The zero-order chi connectivity index (χ0) is 25.4. The Hall–Kier alpha value is -4.21. The van der Waals surface area contributed by atoms with E-state index in [4.69, 9.17) is 23.7 Å². The van der Waals surface area contributed by atoms with Crippen molar-refractivity contribution in [2.45, 2.75) is 24.8 Å². The molecule has 188 valence electrons. The van der Waals surface area contributed by atoms with Gasteiger partial charge in [0.25, 0.3) is 0 Å². The molecule has 3 aromatic rings. The molecule has 0 radical (unpaired) electrons. The van der Waals surface area contributed by atoms with E-state index < -0.39 is 6.04 Å². The molecule has 0 spiro atoms. The second-order valence-corrected chi connectivity index (χ2v) is 8.54. The van der Waals surface area contributed by atoms with Gasteiger partial charge in [0.05, 0.1) is 35.5 Å². The summed E-state index contributed by atoms with van der Waals surface area (Å²) in [5.74, 6) is 3.43. The van der Waals surface area contributed by atoms with Crippen molar-refractivity contribution in [2.24, 2.45) is 0 Å². The van der Waals surface area contributed by atoms with Gasteiger partial charge in [0, 0.05) is 29.3 Å². The summed E-state index contributed by atoms with van der Waals surface area (Å²) in [4.78, 5) is 18.2. The number of benzene rings is 2. The van der Waals surface area contributed by atoms with Gasteiger partial charge in [-0.05, 0) is 36.1 Å². The number of ketones is 1. The van der Waals surface area contributed by atoms with Crippen molar-refractivity contribution >= 4 is 11.7 Å². The lowest BCUT2D eigenvalue weighted by atomic mass is 9.77. The largest absolute Gasteiger partial charge is 0.496 e. The fourth-order valence-electron chi connectivity index (χ4n) is 5.05. The third kappa shape index (κ3) is 3.78. The number of hydrogen-bond donors (Lipinski definition) is 1. The molecule has 0 saturated heterocycles. The van der Waals surface area contributed by atoms with E-state index in [0.717, 1.165) is 16.8 Å². The van der Waals surface area contributed by atoms with E-state index in [1.165, 1.54) is 6.33 Å². The molecular weight excluding hydrogens is 464 g/mol. The smallest absolute Gasteiger partial charge is 0.226 e. The fourth-order valence-corrected chi connectivity index (χ4v) is 5.05. The lowest BCUT2D eigenvalue weighted by molar-refractivity contribution is -0.116. The fraction of sp³-hybridized carbons (Fsp3) is 0.346. The molecular formula is C26H28N4O6. The number of methoxy groups -OCH3 is 5. The Bertz CT molecular complexity index is 1350. The van der Waals surface area contributed by atoms with E-state index in [2.05, 4.69) is 15.4 Å². The molecule has 0 amide bonds. The summed E-state index contributed by atoms with van der Waals surface area (Å²) in [6.07, 6.45) is 2.43. The SMILES string of the molecule is COc1ccc([C@H]2CC(=O)C3=C(C2)Nc2ncnn2[C@@H]3c2cc(OC)c(OC)cc2OC)cc1OC. The highest BCUT2D eigenvalue weighted by molar-refractivity contribution is 6.00. The first-order valence-electron chi connectivity index (χ1n) is 11.5. The molecule has 1 N–H and O–H groups in total. The van der Waals surface area contributed by atoms with Crippen molar-refractivity contribution in [3.63, 3.8) is 0 Å². The monoisotopic (exact) mass is 492 g/mol. The number of ether oxygens (including phenoxy) is 5. The molecule has 0 unspecified atom stereocenters. The van der Waals surface area contributed by atoms with E-state index in [1.54, 1.807) is 46.3 Å². The standard InChI is InChI=1S/C26H28N4O6/c1-32-19-7-6-14(10-21(19)34-3)15-8-17-24(18(31)9-15)25(30-26(29-17)27-13-28-30)16-11-22(35-4)23(36-5)12-20(16)33-2/h6-7,10-13,15,25H,8-9H2,1-5H3,(H,27,28,29)/t15-,25-/m1/s1. The van der Waals surface area contributed by atoms with Gasteiger partial charge in [0.15, 0.2) is 28.8 Å². The van der Waals surface area contributed by atoms with Gasteiger partial charge in [-0.15, -0.1) is 0 Å². The van der Waals surface area contributed by atoms with Crippen LogP contribution < -0.4 is 29.0 Å². The summed E-state index contributed by atoms with van der Waals surface area (Å²) >= 11 is 0. The Labute approximate surface area is 208 Å². The van der Waals surface area contributed by atoms with Crippen molar-refractivity contribution in [3.05, 3.63) is 59.1 Å². The molecule has 0 bridgehead atoms. The summed E-state index contributed by atoms with van der Waals surface area (Å²) in [5.41, 5.74) is 3.18. The highest BCUT2D eigenvalue weighted by Gasteiger charge is 2.41. The Morgan fingerprint density at radius 3 is 2.19 bits per heavy atom. The third-order valence-corrected chi connectivity index (χ3v) is 6.77. The van der Waals surface area contributed by atoms with E-state index in [0.29, 0.717) is 53.1 Å². The van der Waals surface area contributed by atoms with Gasteiger partial charge in [-0.25, -0.2) is 4.68 Å². The average molecular weight is 493 g/mol. The van der Waals surface area contributed by atoms with E-state index in [-0.39, 0.29) is 11.7 Å². The molecule has 2 atom stereocenters. The maximum atomic E-state index is 13.8. The summed E-state index contributed by atoms with van der Waals surface area (Å²) in [5, 5.41) is 7.78. The Morgan fingerprint density at radius 1 is 0.833 bits per heavy atom. The normalized spacial score (nSPS) is 18.6. The number of Topliss-reactive ketones (excluding diaryl/α,β-unsaturated/α-hetero) is 1. The number of allylic oxidation sites excluding steroid dienone is 2. The van der Waals surface area contributed by atoms with Crippen LogP contribution in [0.2, 0.25) is 0 Å². The van der Waals surface area contributed by atoms with Crippen LogP contribution in [0.15, 0.2) is 47.9 Å². The topological polar surface area (TPSA) is 106 Å². The van der Waals surface area contributed by atoms with E-state index in [9.17, 15) is 4.79 Å². The summed E-state index contributed by atoms with van der Waals surface area (Å²) in [7, 11) is 7.92. The van der Waals surface area contributed by atoms with Crippen LogP contribution in [0.3, 0.4) is 0 Å². The minimum absolute atomic E-state index is 0.0199. The number of fused-ring (bicyclic) bond motifs is 1. The van der Waals surface area contributed by atoms with Crippen LogP contribution >= 0.6 is 0 Å². The lowest BCUT2D eigenvalue weighted by Crippen LogP contribution is -2.33. The second-order valence-electron chi connectivity index (χ2n) is 8.54. The number of anilines is 1. The molecule has 2 heterocycles. The van der Waals surface area contributed by atoms with Crippen LogP contribution in [-0.2, 0) is 4.79 Å². The van der Waals surface area contributed by atoms with Gasteiger partial charge >= 0.3 is 0 Å². The quantitative estimate of drug-likeness (QED) is 0.528. The first-order valence-corrected chi connectivity index (χ1v) is 11.5. The van der Waals surface area contributed by atoms with Crippen molar-refractivity contribution in [1.29, 1.82) is 0 Å². The molecule has 1 aliphatic carbocycles. The highest BCUT2D eigenvalue weighted by atomic mass is 16.5. The number of carbonyl (C=O) groups is 1. The molecule has 2 aromatic carbocycles. The van der Waals surface area contributed by atoms with Crippen LogP contribution in [0.5, 0.6) is 28.7 Å². The molecule has 2 aliphatic rings. The van der Waals surface area contributed by atoms with Gasteiger partial charge in [0.2, 0.25) is 5.95 Å². The van der Waals surface area contributed by atoms with Crippen LogP contribution in [0.25, 0.3) is 0 Å². The summed E-state index contributed by atoms with van der Waals surface area (Å²) < 4.78 is 29.3. The van der Waals surface area contributed by atoms with Crippen molar-refractivity contribution in [3.8, 4) is 28.7 Å². The first kappa shape index (κ1) is 23.5. The number of nitrogens with one attached hydrogen (secondary N) is 1. The molecule has 0 fully saturated rings. The minimum atomic E-state index is -0.535. The number of aromatic nitrogens is 3. The molecule has 36 heavy (non-hydrogen) atoms. The van der Waals surface area contributed by atoms with Gasteiger partial charge in [0.1, 0.15) is 18.1 Å². The number of carbonyl (C=O) groups excluding carboxylic acids is 1. The van der Waals surface area contributed by atoms with Gasteiger partial charge < -0.3 is 29.0 Å².